The van der Waals surface area contributed by atoms with Crippen molar-refractivity contribution in [1.29, 1.82) is 0 Å². The van der Waals surface area contributed by atoms with Crippen molar-refractivity contribution in [2.75, 3.05) is 13.2 Å². The topological polar surface area (TPSA) is 55.8 Å². The van der Waals surface area contributed by atoms with E-state index in [1.165, 1.54) is 32.1 Å². The molecule has 122 valence electrons. The molecule has 0 aliphatic heterocycles. The lowest BCUT2D eigenvalue weighted by Crippen LogP contribution is -2.15. The summed E-state index contributed by atoms with van der Waals surface area (Å²) in [4.78, 5) is 10.9. The van der Waals surface area contributed by atoms with Crippen LogP contribution < -0.4 is 4.74 Å². The number of carbonyl (C=O) groups is 1. The van der Waals surface area contributed by atoms with Crippen LogP contribution in [0.15, 0.2) is 24.3 Å². The second-order valence-corrected chi connectivity index (χ2v) is 5.93. The quantitative estimate of drug-likeness (QED) is 0.782. The van der Waals surface area contributed by atoms with Gasteiger partial charge < -0.3 is 14.6 Å². The van der Waals surface area contributed by atoms with Gasteiger partial charge in [0.15, 0.2) is 0 Å². The maximum Gasteiger partial charge on any atom is 0.306 e. The van der Waals surface area contributed by atoms with E-state index >= 15 is 0 Å². The minimum absolute atomic E-state index is 0.0177. The predicted octanol–water partition coefficient (Wildman–Crippen LogP) is 4.20. The van der Waals surface area contributed by atoms with E-state index in [2.05, 4.69) is 0 Å². The molecule has 0 amide bonds. The Balaban J connectivity index is 1.88. The van der Waals surface area contributed by atoms with Gasteiger partial charge in [0.2, 0.25) is 0 Å². The number of carboxylic acids is 1. The number of rotatable bonds is 8. The number of hydrogen-bond donors (Lipinski definition) is 1. The molecule has 2 rings (SSSR count). The molecule has 0 heterocycles. The van der Waals surface area contributed by atoms with Crippen LogP contribution in [0.3, 0.4) is 0 Å². The molecule has 1 aliphatic carbocycles. The molecule has 0 bridgehead atoms. The first kappa shape index (κ1) is 16.8. The molecule has 1 N–H and O–H groups in total. The third-order valence-electron chi connectivity index (χ3n) is 4.19. The summed E-state index contributed by atoms with van der Waals surface area (Å²) in [7, 11) is 0. The molecule has 1 aromatic rings. The van der Waals surface area contributed by atoms with Crippen molar-refractivity contribution in [1.82, 2.24) is 0 Å². The fourth-order valence-corrected chi connectivity index (χ4v) is 2.98. The highest BCUT2D eigenvalue weighted by Crippen LogP contribution is 2.26. The molecule has 0 radical (unpaired) electrons. The van der Waals surface area contributed by atoms with Crippen molar-refractivity contribution in [3.05, 3.63) is 29.8 Å². The molecule has 1 saturated carbocycles. The lowest BCUT2D eigenvalue weighted by atomic mass is 9.90. The van der Waals surface area contributed by atoms with Gasteiger partial charge in [0, 0.05) is 6.61 Å². The lowest BCUT2D eigenvalue weighted by Gasteiger charge is -2.22. The summed E-state index contributed by atoms with van der Waals surface area (Å²) >= 11 is 0. The van der Waals surface area contributed by atoms with Gasteiger partial charge in [0.25, 0.3) is 0 Å². The van der Waals surface area contributed by atoms with Gasteiger partial charge in [-0.05, 0) is 43.4 Å². The van der Waals surface area contributed by atoms with Crippen molar-refractivity contribution in [3.63, 3.8) is 0 Å². The third kappa shape index (κ3) is 5.34. The van der Waals surface area contributed by atoms with Gasteiger partial charge in [0.1, 0.15) is 5.75 Å². The molecule has 4 nitrogen and oxygen atoms in total. The summed E-state index contributed by atoms with van der Waals surface area (Å²) in [6.07, 6.45) is 6.11. The smallest absolute Gasteiger partial charge is 0.306 e. The first-order valence-electron chi connectivity index (χ1n) is 8.25. The van der Waals surface area contributed by atoms with Crippen LogP contribution in [0.4, 0.5) is 0 Å². The van der Waals surface area contributed by atoms with Gasteiger partial charge >= 0.3 is 5.97 Å². The zero-order valence-electron chi connectivity index (χ0n) is 13.3. The maximum atomic E-state index is 10.9. The first-order chi connectivity index (χ1) is 10.7. The fourth-order valence-electron chi connectivity index (χ4n) is 2.98. The fraction of sp³-hybridized carbons (Fsp3) is 0.611. The molecular formula is C18H26O4. The van der Waals surface area contributed by atoms with Crippen molar-refractivity contribution in [2.24, 2.45) is 5.92 Å². The molecule has 0 saturated heterocycles. The average Bonchev–Trinajstić information content (AvgIpc) is 2.54. The highest BCUT2D eigenvalue weighted by atomic mass is 16.5. The molecule has 0 spiro atoms. The van der Waals surface area contributed by atoms with Gasteiger partial charge in [-0.3, -0.25) is 4.79 Å². The van der Waals surface area contributed by atoms with Gasteiger partial charge in [-0.25, -0.2) is 0 Å². The minimum atomic E-state index is -0.851. The number of hydrogen-bond acceptors (Lipinski definition) is 3. The Labute approximate surface area is 132 Å². The standard InChI is InChI=1S/C18H26O4/c1-2-21-17(12-18(19)20)15-8-10-16(11-9-15)22-13-14-6-4-3-5-7-14/h8-11,14,17H,2-7,12-13H2,1H3,(H,19,20). The SMILES string of the molecule is CCOC(CC(=O)O)c1ccc(OCC2CCCCC2)cc1. The van der Waals surface area contributed by atoms with Gasteiger partial charge in [-0.15, -0.1) is 0 Å². The van der Waals surface area contributed by atoms with Crippen molar-refractivity contribution >= 4 is 5.97 Å². The molecular weight excluding hydrogens is 280 g/mol. The van der Waals surface area contributed by atoms with Crippen molar-refractivity contribution < 1.29 is 19.4 Å². The molecule has 1 atom stereocenters. The molecule has 4 heteroatoms. The van der Waals surface area contributed by atoms with E-state index in [1.54, 1.807) is 0 Å². The average molecular weight is 306 g/mol. The Hall–Kier alpha value is -1.55. The third-order valence-corrected chi connectivity index (χ3v) is 4.19. The van der Waals surface area contributed by atoms with E-state index < -0.39 is 12.1 Å². The highest BCUT2D eigenvalue weighted by molar-refractivity contribution is 5.67. The summed E-state index contributed by atoms with van der Waals surface area (Å²) < 4.78 is 11.4. The van der Waals surface area contributed by atoms with Crippen LogP contribution in [0.1, 0.15) is 57.1 Å². The van der Waals surface area contributed by atoms with Crippen LogP contribution in [0.5, 0.6) is 5.75 Å². The summed E-state index contributed by atoms with van der Waals surface area (Å²) in [6, 6.07) is 7.62. The second-order valence-electron chi connectivity index (χ2n) is 5.93. The molecule has 0 aromatic heterocycles. The summed E-state index contributed by atoms with van der Waals surface area (Å²) in [6.45, 7) is 3.15. The van der Waals surface area contributed by atoms with E-state index in [9.17, 15) is 4.79 Å². The summed E-state index contributed by atoms with van der Waals surface area (Å²) in [5.41, 5.74) is 0.884. The first-order valence-corrected chi connectivity index (χ1v) is 8.25. The Kier molecular flexibility index (Phi) is 6.72. The maximum absolute atomic E-state index is 10.9. The molecule has 22 heavy (non-hydrogen) atoms. The van der Waals surface area contributed by atoms with E-state index in [4.69, 9.17) is 14.6 Å². The van der Waals surface area contributed by atoms with Crippen LogP contribution in [-0.4, -0.2) is 24.3 Å². The van der Waals surface area contributed by atoms with Gasteiger partial charge in [-0.2, -0.15) is 0 Å². The monoisotopic (exact) mass is 306 g/mol. The second kappa shape index (κ2) is 8.79. The van der Waals surface area contributed by atoms with Gasteiger partial charge in [-0.1, -0.05) is 31.4 Å². The molecule has 1 aromatic carbocycles. The molecule has 1 unspecified atom stereocenters. The summed E-state index contributed by atoms with van der Waals surface area (Å²) in [5.74, 6) is 0.674. The van der Waals surface area contributed by atoms with Crippen LogP contribution >= 0.6 is 0 Å². The minimum Gasteiger partial charge on any atom is -0.493 e. The van der Waals surface area contributed by atoms with Crippen LogP contribution in [0, 0.1) is 5.92 Å². The van der Waals surface area contributed by atoms with E-state index in [0.717, 1.165) is 17.9 Å². The van der Waals surface area contributed by atoms with Crippen molar-refractivity contribution in [3.8, 4) is 5.75 Å². The predicted molar refractivity (Wildman–Crippen MR) is 85.1 cm³/mol. The van der Waals surface area contributed by atoms with E-state index in [-0.39, 0.29) is 6.42 Å². The molecule has 1 fully saturated rings. The van der Waals surface area contributed by atoms with Crippen molar-refractivity contribution in [2.45, 2.75) is 51.6 Å². The van der Waals surface area contributed by atoms with Crippen LogP contribution in [0.25, 0.3) is 0 Å². The largest absolute Gasteiger partial charge is 0.493 e. The van der Waals surface area contributed by atoms with Crippen LogP contribution in [0.2, 0.25) is 0 Å². The number of carboxylic acid groups (broad SMARTS) is 1. The Bertz CT molecular complexity index is 449. The molecule has 1 aliphatic rings. The van der Waals surface area contributed by atoms with E-state index in [1.807, 2.05) is 31.2 Å². The zero-order valence-corrected chi connectivity index (χ0v) is 13.3. The Morgan fingerprint density at radius 3 is 2.50 bits per heavy atom. The number of aliphatic carboxylic acids is 1. The van der Waals surface area contributed by atoms with Gasteiger partial charge in [0.05, 0.1) is 19.1 Å². The Morgan fingerprint density at radius 1 is 1.23 bits per heavy atom. The number of ether oxygens (including phenoxy) is 2. The van der Waals surface area contributed by atoms with E-state index in [0.29, 0.717) is 12.5 Å². The normalized spacial score (nSPS) is 17.1. The Morgan fingerprint density at radius 2 is 1.91 bits per heavy atom. The summed E-state index contributed by atoms with van der Waals surface area (Å²) in [5, 5.41) is 8.95. The lowest BCUT2D eigenvalue weighted by molar-refractivity contribution is -0.140. The van der Waals surface area contributed by atoms with Crippen LogP contribution in [-0.2, 0) is 9.53 Å². The highest BCUT2D eigenvalue weighted by Gasteiger charge is 2.16. The zero-order chi connectivity index (χ0) is 15.8. The number of benzene rings is 1.